The van der Waals surface area contributed by atoms with Crippen molar-refractivity contribution < 1.29 is 0 Å². The molecule has 1 heterocycles. The maximum Gasteiger partial charge on any atom is 0.0719 e. The number of hydrogen-bond donors (Lipinski definition) is 2. The highest BCUT2D eigenvalue weighted by Gasteiger charge is 2.24. The number of nitrogens with one attached hydrogen (secondary N) is 1. The molecule has 0 saturated heterocycles. The van der Waals surface area contributed by atoms with Gasteiger partial charge in [0.05, 0.1) is 11.2 Å². The minimum absolute atomic E-state index is 0.342. The van der Waals surface area contributed by atoms with Gasteiger partial charge in [0.25, 0.3) is 0 Å². The summed E-state index contributed by atoms with van der Waals surface area (Å²) in [7, 11) is 0. The summed E-state index contributed by atoms with van der Waals surface area (Å²) >= 11 is 0. The molecule has 3 rings (SSSR count). The second-order valence-electron chi connectivity index (χ2n) is 6.15. The molecule has 0 bridgehead atoms. The van der Waals surface area contributed by atoms with Crippen LogP contribution in [0.15, 0.2) is 24.3 Å². The first kappa shape index (κ1) is 14.5. The zero-order valence-electron chi connectivity index (χ0n) is 12.9. The van der Waals surface area contributed by atoms with E-state index in [4.69, 9.17) is 10.9 Å². The highest BCUT2D eigenvalue weighted by atomic mass is 15.3. The van der Waals surface area contributed by atoms with Crippen molar-refractivity contribution in [3.05, 3.63) is 30.0 Å². The molecule has 3 N–H and O–H groups in total. The number of para-hydroxylation sites is 1. The van der Waals surface area contributed by atoms with E-state index in [9.17, 15) is 0 Å². The number of nitrogens with two attached hydrogens (primary N) is 1. The molecule has 4 heteroatoms. The van der Waals surface area contributed by atoms with Crippen LogP contribution in [-0.2, 0) is 13.0 Å². The Morgan fingerprint density at radius 3 is 2.76 bits per heavy atom. The number of hydrazine groups is 1. The van der Waals surface area contributed by atoms with Crippen LogP contribution in [0.2, 0.25) is 0 Å². The molecule has 1 aliphatic rings. The lowest BCUT2D eigenvalue weighted by Gasteiger charge is -2.29. The second kappa shape index (κ2) is 6.58. The first-order valence-corrected chi connectivity index (χ1v) is 8.24. The Morgan fingerprint density at radius 1 is 1.29 bits per heavy atom. The van der Waals surface area contributed by atoms with Gasteiger partial charge in [-0.1, -0.05) is 37.5 Å². The Labute approximate surface area is 126 Å². The summed E-state index contributed by atoms with van der Waals surface area (Å²) in [5, 5.41) is 6.09. The predicted molar refractivity (Wildman–Crippen MR) is 86.8 cm³/mol. The topological polar surface area (TPSA) is 55.9 Å². The summed E-state index contributed by atoms with van der Waals surface area (Å²) < 4.78 is 2.10. The van der Waals surface area contributed by atoms with Gasteiger partial charge in [-0.05, 0) is 31.7 Å². The molecule has 1 atom stereocenters. The number of benzene rings is 1. The van der Waals surface area contributed by atoms with Crippen LogP contribution >= 0.6 is 0 Å². The van der Waals surface area contributed by atoms with E-state index in [1.807, 2.05) is 0 Å². The molecule has 1 fully saturated rings. The van der Waals surface area contributed by atoms with E-state index in [-0.39, 0.29) is 0 Å². The summed E-state index contributed by atoms with van der Waals surface area (Å²) in [4.78, 5) is 0. The van der Waals surface area contributed by atoms with Gasteiger partial charge in [0.15, 0.2) is 0 Å². The van der Waals surface area contributed by atoms with Crippen molar-refractivity contribution in [3.8, 4) is 0 Å². The molecule has 1 saturated carbocycles. The third-order valence-electron chi connectivity index (χ3n) is 4.88. The van der Waals surface area contributed by atoms with Gasteiger partial charge in [0, 0.05) is 24.4 Å². The number of hydrogen-bond acceptors (Lipinski definition) is 3. The van der Waals surface area contributed by atoms with Crippen LogP contribution in [0.1, 0.15) is 44.7 Å². The SMILES string of the molecule is CCn1nc(CC(NN)C2CCCCC2)c2ccccc21. The van der Waals surface area contributed by atoms with E-state index in [2.05, 4.69) is 41.3 Å². The van der Waals surface area contributed by atoms with Crippen molar-refractivity contribution in [1.82, 2.24) is 15.2 Å². The van der Waals surface area contributed by atoms with Gasteiger partial charge >= 0.3 is 0 Å². The highest BCUT2D eigenvalue weighted by Crippen LogP contribution is 2.29. The number of aromatic nitrogens is 2. The summed E-state index contributed by atoms with van der Waals surface area (Å²) in [5.41, 5.74) is 5.48. The quantitative estimate of drug-likeness (QED) is 0.656. The van der Waals surface area contributed by atoms with Gasteiger partial charge in [-0.2, -0.15) is 5.10 Å². The monoisotopic (exact) mass is 286 g/mol. The smallest absolute Gasteiger partial charge is 0.0719 e. The molecule has 4 nitrogen and oxygen atoms in total. The summed E-state index contributed by atoms with van der Waals surface area (Å²) in [5.74, 6) is 6.54. The van der Waals surface area contributed by atoms with E-state index in [1.165, 1.54) is 48.7 Å². The predicted octanol–water partition coefficient (Wildman–Crippen LogP) is 3.01. The van der Waals surface area contributed by atoms with E-state index in [0.29, 0.717) is 12.0 Å². The maximum atomic E-state index is 5.85. The van der Waals surface area contributed by atoms with E-state index >= 15 is 0 Å². The van der Waals surface area contributed by atoms with E-state index in [1.54, 1.807) is 0 Å². The van der Waals surface area contributed by atoms with Crippen LogP contribution in [0, 0.1) is 5.92 Å². The van der Waals surface area contributed by atoms with E-state index < -0.39 is 0 Å². The fraction of sp³-hybridized carbons (Fsp3) is 0.588. The fourth-order valence-corrected chi connectivity index (χ4v) is 3.69. The third-order valence-corrected chi connectivity index (χ3v) is 4.88. The molecule has 0 aliphatic heterocycles. The van der Waals surface area contributed by atoms with Crippen LogP contribution in [0.5, 0.6) is 0 Å². The average Bonchev–Trinajstić information content (AvgIpc) is 2.91. The van der Waals surface area contributed by atoms with Crippen LogP contribution in [-0.4, -0.2) is 15.8 Å². The van der Waals surface area contributed by atoms with Crippen molar-refractivity contribution in [1.29, 1.82) is 0 Å². The Balaban J connectivity index is 1.85. The fourth-order valence-electron chi connectivity index (χ4n) is 3.69. The Kier molecular flexibility index (Phi) is 4.56. The van der Waals surface area contributed by atoms with Gasteiger partial charge in [-0.15, -0.1) is 0 Å². The Morgan fingerprint density at radius 2 is 2.05 bits per heavy atom. The summed E-state index contributed by atoms with van der Waals surface area (Å²) in [6.07, 6.45) is 7.57. The molecule has 0 spiro atoms. The van der Waals surface area contributed by atoms with E-state index in [0.717, 1.165) is 13.0 Å². The van der Waals surface area contributed by atoms with Crippen molar-refractivity contribution in [3.63, 3.8) is 0 Å². The number of aryl methyl sites for hydroxylation is 1. The third kappa shape index (κ3) is 2.97. The number of rotatable bonds is 5. The normalized spacial score (nSPS) is 18.2. The van der Waals surface area contributed by atoms with Crippen molar-refractivity contribution >= 4 is 10.9 Å². The summed E-state index contributed by atoms with van der Waals surface area (Å²) in [6, 6.07) is 8.85. The van der Waals surface area contributed by atoms with Crippen molar-refractivity contribution in [2.24, 2.45) is 11.8 Å². The van der Waals surface area contributed by atoms with Gasteiger partial charge in [-0.25, -0.2) is 0 Å². The minimum Gasteiger partial charge on any atom is -0.271 e. The molecule has 21 heavy (non-hydrogen) atoms. The Hall–Kier alpha value is -1.39. The maximum absolute atomic E-state index is 5.85. The highest BCUT2D eigenvalue weighted by molar-refractivity contribution is 5.82. The van der Waals surface area contributed by atoms with Crippen LogP contribution in [0.25, 0.3) is 10.9 Å². The molecule has 114 valence electrons. The van der Waals surface area contributed by atoms with Crippen LogP contribution in [0.3, 0.4) is 0 Å². The minimum atomic E-state index is 0.342. The van der Waals surface area contributed by atoms with Gasteiger partial charge in [-0.3, -0.25) is 16.0 Å². The zero-order valence-corrected chi connectivity index (χ0v) is 12.9. The standard InChI is InChI=1S/C17H26N4/c1-2-21-17-11-7-6-10-14(17)16(20-21)12-15(19-18)13-8-4-3-5-9-13/h6-7,10-11,13,15,19H,2-5,8-9,12,18H2,1H3. The number of nitrogens with zero attached hydrogens (tertiary/aromatic N) is 2. The molecule has 1 aromatic heterocycles. The van der Waals surface area contributed by atoms with Gasteiger partial charge in [0.1, 0.15) is 0 Å². The molecular weight excluding hydrogens is 260 g/mol. The lowest BCUT2D eigenvalue weighted by atomic mass is 9.82. The first-order chi connectivity index (χ1) is 10.3. The second-order valence-corrected chi connectivity index (χ2v) is 6.15. The van der Waals surface area contributed by atoms with Crippen LogP contribution < -0.4 is 11.3 Å². The lowest BCUT2D eigenvalue weighted by molar-refractivity contribution is 0.267. The van der Waals surface area contributed by atoms with Gasteiger partial charge in [0.2, 0.25) is 0 Å². The lowest BCUT2D eigenvalue weighted by Crippen LogP contribution is -2.43. The van der Waals surface area contributed by atoms with Crippen LogP contribution in [0.4, 0.5) is 0 Å². The Bertz CT molecular complexity index is 583. The molecule has 0 radical (unpaired) electrons. The summed E-state index contributed by atoms with van der Waals surface area (Å²) in [6.45, 7) is 3.05. The van der Waals surface area contributed by atoms with Gasteiger partial charge < -0.3 is 0 Å². The molecule has 2 aromatic rings. The molecular formula is C17H26N4. The molecule has 1 aliphatic carbocycles. The molecule has 1 unspecified atom stereocenters. The zero-order chi connectivity index (χ0) is 14.7. The number of fused-ring (bicyclic) bond motifs is 1. The first-order valence-electron chi connectivity index (χ1n) is 8.24. The largest absolute Gasteiger partial charge is 0.271 e. The molecule has 1 aromatic carbocycles. The molecule has 0 amide bonds. The van der Waals surface area contributed by atoms with Crippen molar-refractivity contribution in [2.45, 2.75) is 58.0 Å². The average molecular weight is 286 g/mol. The van der Waals surface area contributed by atoms with Crippen molar-refractivity contribution in [2.75, 3.05) is 0 Å².